The summed E-state index contributed by atoms with van der Waals surface area (Å²) < 4.78 is 0. The van der Waals surface area contributed by atoms with Crippen molar-refractivity contribution in [2.24, 2.45) is 11.7 Å². The average Bonchev–Trinajstić information content (AvgIpc) is 2.23. The van der Waals surface area contributed by atoms with Gasteiger partial charge in [0, 0.05) is 39.3 Å². The number of carbonyl (C=O) groups is 1. The van der Waals surface area contributed by atoms with Crippen molar-refractivity contribution in [3.05, 3.63) is 0 Å². The molecule has 0 aromatic rings. The Hall–Kier alpha value is -0.650. The molecule has 5 heteroatoms. The molecule has 0 spiro atoms. The fourth-order valence-electron chi connectivity index (χ4n) is 2.30. The first kappa shape index (κ1) is 11.8. The van der Waals surface area contributed by atoms with E-state index in [0.717, 1.165) is 45.8 Å². The molecule has 0 bridgehead atoms. The Morgan fingerprint density at radius 2 is 1.88 bits per heavy atom. The van der Waals surface area contributed by atoms with Gasteiger partial charge in [0.15, 0.2) is 0 Å². The summed E-state index contributed by atoms with van der Waals surface area (Å²) >= 11 is 0. The fourth-order valence-corrected chi connectivity index (χ4v) is 2.30. The van der Waals surface area contributed by atoms with Crippen molar-refractivity contribution in [3.8, 4) is 0 Å². The van der Waals surface area contributed by atoms with E-state index in [-0.39, 0.29) is 5.91 Å². The van der Waals surface area contributed by atoms with Crippen LogP contribution in [-0.4, -0.2) is 80.0 Å². The molecule has 0 aromatic carbocycles. The van der Waals surface area contributed by atoms with E-state index < -0.39 is 0 Å². The molecule has 0 aliphatic carbocycles. The molecule has 0 unspecified atom stereocenters. The predicted molar refractivity (Wildman–Crippen MR) is 63.1 cm³/mol. The molecule has 2 N–H and O–H groups in total. The van der Waals surface area contributed by atoms with Crippen LogP contribution >= 0.6 is 0 Å². The highest BCUT2D eigenvalue weighted by Crippen LogP contribution is 2.13. The van der Waals surface area contributed by atoms with Gasteiger partial charge in [-0.1, -0.05) is 0 Å². The third kappa shape index (κ3) is 2.72. The number of nitrogens with zero attached hydrogens (tertiary/aromatic N) is 3. The van der Waals surface area contributed by atoms with E-state index in [9.17, 15) is 4.79 Å². The average molecular weight is 226 g/mol. The molecule has 0 radical (unpaired) electrons. The number of nitrogens with two attached hydrogens (primary N) is 1. The largest absolute Gasteiger partial charge is 0.339 e. The van der Waals surface area contributed by atoms with Gasteiger partial charge >= 0.3 is 0 Å². The molecule has 2 rings (SSSR count). The Morgan fingerprint density at radius 3 is 2.44 bits per heavy atom. The van der Waals surface area contributed by atoms with Gasteiger partial charge in [0.05, 0.1) is 6.54 Å². The van der Waals surface area contributed by atoms with Crippen LogP contribution < -0.4 is 5.73 Å². The molecular formula is C11H22N4O. The molecular weight excluding hydrogens is 204 g/mol. The van der Waals surface area contributed by atoms with E-state index in [0.29, 0.717) is 12.5 Å². The van der Waals surface area contributed by atoms with Crippen molar-refractivity contribution < 1.29 is 4.79 Å². The first-order valence-corrected chi connectivity index (χ1v) is 6.08. The van der Waals surface area contributed by atoms with Crippen LogP contribution in [0, 0.1) is 5.92 Å². The van der Waals surface area contributed by atoms with Crippen LogP contribution in [0.25, 0.3) is 0 Å². The Bertz CT molecular complexity index is 244. The monoisotopic (exact) mass is 226 g/mol. The molecule has 2 aliphatic rings. The lowest BCUT2D eigenvalue weighted by atomic mass is 10.0. The predicted octanol–water partition coefficient (Wildman–Crippen LogP) is -1.35. The number of hydrogen-bond donors (Lipinski definition) is 1. The normalized spacial score (nSPS) is 24.5. The number of piperazine rings is 1. The van der Waals surface area contributed by atoms with Gasteiger partial charge in [0.2, 0.25) is 5.91 Å². The molecule has 2 heterocycles. The second kappa shape index (κ2) is 5.12. The van der Waals surface area contributed by atoms with Crippen molar-refractivity contribution in [3.63, 3.8) is 0 Å². The summed E-state index contributed by atoms with van der Waals surface area (Å²) in [5.74, 6) is 0.892. The Morgan fingerprint density at radius 1 is 1.25 bits per heavy atom. The third-order valence-electron chi connectivity index (χ3n) is 3.58. The van der Waals surface area contributed by atoms with E-state index in [1.54, 1.807) is 0 Å². The standard InChI is InChI=1S/C11H22N4O/c1-13-2-4-15(5-3-13)11(16)9-14-7-10(6-12)8-14/h10H,2-9,12H2,1H3. The zero-order chi connectivity index (χ0) is 11.5. The second-order valence-electron chi connectivity index (χ2n) is 4.98. The van der Waals surface area contributed by atoms with Gasteiger partial charge in [0.1, 0.15) is 0 Å². The van der Waals surface area contributed by atoms with Gasteiger partial charge in [0.25, 0.3) is 0 Å². The third-order valence-corrected chi connectivity index (χ3v) is 3.58. The van der Waals surface area contributed by atoms with E-state index in [4.69, 9.17) is 5.73 Å². The number of likely N-dealkylation sites (tertiary alicyclic amines) is 1. The van der Waals surface area contributed by atoms with Crippen LogP contribution in [-0.2, 0) is 4.79 Å². The number of carbonyl (C=O) groups excluding carboxylic acids is 1. The first-order valence-electron chi connectivity index (χ1n) is 6.08. The molecule has 1 amide bonds. The van der Waals surface area contributed by atoms with Crippen LogP contribution in [0.2, 0.25) is 0 Å². The topological polar surface area (TPSA) is 52.8 Å². The highest BCUT2D eigenvalue weighted by molar-refractivity contribution is 5.78. The lowest BCUT2D eigenvalue weighted by Crippen LogP contribution is -2.55. The molecule has 0 aromatic heterocycles. The lowest BCUT2D eigenvalue weighted by Gasteiger charge is -2.40. The minimum atomic E-state index is 0.281. The van der Waals surface area contributed by atoms with E-state index in [2.05, 4.69) is 16.8 Å². The zero-order valence-corrected chi connectivity index (χ0v) is 10.1. The summed E-state index contributed by atoms with van der Waals surface area (Å²) in [5.41, 5.74) is 5.56. The van der Waals surface area contributed by atoms with Crippen LogP contribution in [0.5, 0.6) is 0 Å². The lowest BCUT2D eigenvalue weighted by molar-refractivity contribution is -0.135. The molecule has 16 heavy (non-hydrogen) atoms. The summed E-state index contributed by atoms with van der Waals surface area (Å²) in [7, 11) is 2.10. The second-order valence-corrected chi connectivity index (χ2v) is 4.98. The van der Waals surface area contributed by atoms with Gasteiger partial charge in [-0.15, -0.1) is 0 Å². The van der Waals surface area contributed by atoms with Crippen molar-refractivity contribution in [2.75, 3.05) is 59.4 Å². The molecule has 2 saturated heterocycles. The maximum absolute atomic E-state index is 11.9. The van der Waals surface area contributed by atoms with E-state index in [1.165, 1.54) is 0 Å². The van der Waals surface area contributed by atoms with Gasteiger partial charge in [-0.05, 0) is 19.5 Å². The maximum Gasteiger partial charge on any atom is 0.236 e. The van der Waals surface area contributed by atoms with Crippen LogP contribution in [0.15, 0.2) is 0 Å². The molecule has 5 nitrogen and oxygen atoms in total. The number of hydrogen-bond acceptors (Lipinski definition) is 4. The summed E-state index contributed by atoms with van der Waals surface area (Å²) in [4.78, 5) is 18.4. The maximum atomic E-state index is 11.9. The smallest absolute Gasteiger partial charge is 0.236 e. The van der Waals surface area contributed by atoms with Crippen molar-refractivity contribution in [1.29, 1.82) is 0 Å². The van der Waals surface area contributed by atoms with Gasteiger partial charge in [-0.2, -0.15) is 0 Å². The quantitative estimate of drug-likeness (QED) is 0.646. The van der Waals surface area contributed by atoms with Crippen molar-refractivity contribution in [2.45, 2.75) is 0 Å². The molecule has 2 aliphatic heterocycles. The van der Waals surface area contributed by atoms with Crippen molar-refractivity contribution >= 4 is 5.91 Å². The number of likely N-dealkylation sites (N-methyl/N-ethyl adjacent to an activating group) is 1. The molecule has 2 fully saturated rings. The molecule has 92 valence electrons. The van der Waals surface area contributed by atoms with Gasteiger partial charge in [-0.25, -0.2) is 0 Å². The van der Waals surface area contributed by atoms with Gasteiger partial charge in [-0.3, -0.25) is 9.69 Å². The van der Waals surface area contributed by atoms with Crippen LogP contribution in [0.4, 0.5) is 0 Å². The highest BCUT2D eigenvalue weighted by Gasteiger charge is 2.28. The minimum absolute atomic E-state index is 0.281. The summed E-state index contributed by atoms with van der Waals surface area (Å²) in [6.45, 7) is 7.08. The molecule has 0 atom stereocenters. The first-order chi connectivity index (χ1) is 7.69. The Balaban J connectivity index is 1.68. The van der Waals surface area contributed by atoms with E-state index >= 15 is 0 Å². The molecule has 0 saturated carbocycles. The van der Waals surface area contributed by atoms with Gasteiger partial charge < -0.3 is 15.5 Å². The van der Waals surface area contributed by atoms with E-state index in [1.807, 2.05) is 4.90 Å². The Kier molecular flexibility index (Phi) is 3.78. The summed E-state index contributed by atoms with van der Waals surface area (Å²) in [5, 5.41) is 0. The van der Waals surface area contributed by atoms with Crippen LogP contribution in [0.3, 0.4) is 0 Å². The van der Waals surface area contributed by atoms with Crippen molar-refractivity contribution in [1.82, 2.24) is 14.7 Å². The highest BCUT2D eigenvalue weighted by atomic mass is 16.2. The van der Waals surface area contributed by atoms with Crippen LogP contribution in [0.1, 0.15) is 0 Å². The fraction of sp³-hybridized carbons (Fsp3) is 0.909. The number of amides is 1. The SMILES string of the molecule is CN1CCN(C(=O)CN2CC(CN)C2)CC1. The zero-order valence-electron chi connectivity index (χ0n) is 10.1. The minimum Gasteiger partial charge on any atom is -0.339 e. The summed E-state index contributed by atoms with van der Waals surface area (Å²) in [6, 6.07) is 0. The summed E-state index contributed by atoms with van der Waals surface area (Å²) in [6.07, 6.45) is 0. The number of rotatable bonds is 3. The Labute approximate surface area is 97.2 Å².